The molecular weight excluding hydrogens is 270 g/mol. The molecule has 0 unspecified atom stereocenters. The summed E-state index contributed by atoms with van der Waals surface area (Å²) in [7, 11) is 3.23. The highest BCUT2D eigenvalue weighted by Crippen LogP contribution is 2.28. The number of methoxy groups -OCH3 is 2. The zero-order chi connectivity index (χ0) is 15.8. The van der Waals surface area contributed by atoms with Crippen molar-refractivity contribution >= 4 is 5.97 Å². The fourth-order valence-corrected chi connectivity index (χ4v) is 2.17. The SMILES string of the molecule is COc1ccc(CN(CCCC(=O)O)C(C)C)cc1OC. The van der Waals surface area contributed by atoms with Gasteiger partial charge in [0.15, 0.2) is 11.5 Å². The molecule has 0 heterocycles. The molecule has 0 saturated heterocycles. The fraction of sp³-hybridized carbons (Fsp3) is 0.562. The van der Waals surface area contributed by atoms with E-state index in [0.29, 0.717) is 24.0 Å². The van der Waals surface area contributed by atoms with Gasteiger partial charge in [0.05, 0.1) is 14.2 Å². The van der Waals surface area contributed by atoms with Gasteiger partial charge in [-0.1, -0.05) is 6.07 Å². The average molecular weight is 295 g/mol. The molecule has 0 aliphatic carbocycles. The van der Waals surface area contributed by atoms with Gasteiger partial charge in [-0.2, -0.15) is 0 Å². The molecule has 0 amide bonds. The van der Waals surface area contributed by atoms with Gasteiger partial charge in [0, 0.05) is 19.0 Å². The van der Waals surface area contributed by atoms with Crippen molar-refractivity contribution in [2.45, 2.75) is 39.3 Å². The molecule has 0 atom stereocenters. The van der Waals surface area contributed by atoms with E-state index >= 15 is 0 Å². The molecule has 0 aromatic heterocycles. The summed E-state index contributed by atoms with van der Waals surface area (Å²) in [6.45, 7) is 5.75. The topological polar surface area (TPSA) is 59.0 Å². The molecule has 0 fully saturated rings. The highest BCUT2D eigenvalue weighted by Gasteiger charge is 2.12. The fourth-order valence-electron chi connectivity index (χ4n) is 2.17. The van der Waals surface area contributed by atoms with Crippen LogP contribution in [-0.4, -0.2) is 42.8 Å². The number of aliphatic carboxylic acids is 1. The van der Waals surface area contributed by atoms with Crippen molar-refractivity contribution in [3.63, 3.8) is 0 Å². The maximum absolute atomic E-state index is 10.6. The second-order valence-electron chi connectivity index (χ2n) is 5.25. The molecule has 0 spiro atoms. The van der Waals surface area contributed by atoms with Gasteiger partial charge in [0.1, 0.15) is 0 Å². The number of rotatable bonds is 9. The first-order valence-electron chi connectivity index (χ1n) is 7.14. The molecule has 1 aromatic carbocycles. The third-order valence-electron chi connectivity index (χ3n) is 3.40. The Balaban J connectivity index is 2.72. The van der Waals surface area contributed by atoms with Gasteiger partial charge in [-0.3, -0.25) is 9.69 Å². The van der Waals surface area contributed by atoms with E-state index < -0.39 is 5.97 Å². The van der Waals surface area contributed by atoms with Crippen LogP contribution in [0.3, 0.4) is 0 Å². The molecule has 21 heavy (non-hydrogen) atoms. The van der Waals surface area contributed by atoms with E-state index in [4.69, 9.17) is 14.6 Å². The lowest BCUT2D eigenvalue weighted by Gasteiger charge is -2.26. The number of hydrogen-bond acceptors (Lipinski definition) is 4. The zero-order valence-electron chi connectivity index (χ0n) is 13.3. The number of carboxylic acid groups (broad SMARTS) is 1. The minimum absolute atomic E-state index is 0.204. The number of benzene rings is 1. The van der Waals surface area contributed by atoms with Gasteiger partial charge in [-0.15, -0.1) is 0 Å². The third kappa shape index (κ3) is 5.63. The second kappa shape index (κ2) is 8.52. The standard InChI is InChI=1S/C16H25NO4/c1-12(2)17(9-5-6-16(18)19)11-13-7-8-14(20-3)15(10-13)21-4/h7-8,10,12H,5-6,9,11H2,1-4H3,(H,18,19). The molecule has 1 N–H and O–H groups in total. The summed E-state index contributed by atoms with van der Waals surface area (Å²) in [4.78, 5) is 12.9. The van der Waals surface area contributed by atoms with Crippen molar-refractivity contribution in [3.05, 3.63) is 23.8 Å². The second-order valence-corrected chi connectivity index (χ2v) is 5.25. The molecule has 1 rings (SSSR count). The molecule has 1 aromatic rings. The molecule has 0 bridgehead atoms. The lowest BCUT2D eigenvalue weighted by Crippen LogP contribution is -2.31. The smallest absolute Gasteiger partial charge is 0.303 e. The van der Waals surface area contributed by atoms with Crippen molar-refractivity contribution < 1.29 is 19.4 Å². The Morgan fingerprint density at radius 2 is 1.90 bits per heavy atom. The van der Waals surface area contributed by atoms with Gasteiger partial charge in [-0.25, -0.2) is 0 Å². The Labute approximate surface area is 126 Å². The Morgan fingerprint density at radius 3 is 2.43 bits per heavy atom. The number of carbonyl (C=O) groups is 1. The molecular formula is C16H25NO4. The normalized spacial score (nSPS) is 11.0. The van der Waals surface area contributed by atoms with Crippen LogP contribution in [0, 0.1) is 0 Å². The van der Waals surface area contributed by atoms with Crippen LogP contribution >= 0.6 is 0 Å². The minimum atomic E-state index is -0.746. The van der Waals surface area contributed by atoms with E-state index in [1.165, 1.54) is 0 Å². The molecule has 0 aliphatic rings. The lowest BCUT2D eigenvalue weighted by atomic mass is 10.1. The van der Waals surface area contributed by atoms with Gasteiger partial charge in [0.25, 0.3) is 0 Å². The maximum Gasteiger partial charge on any atom is 0.303 e. The van der Waals surface area contributed by atoms with E-state index in [9.17, 15) is 4.79 Å². The largest absolute Gasteiger partial charge is 0.493 e. The number of ether oxygens (including phenoxy) is 2. The number of carboxylic acids is 1. The minimum Gasteiger partial charge on any atom is -0.493 e. The number of hydrogen-bond donors (Lipinski definition) is 1. The molecule has 0 saturated carbocycles. The van der Waals surface area contributed by atoms with Crippen LogP contribution in [0.1, 0.15) is 32.3 Å². The molecule has 5 heteroatoms. The quantitative estimate of drug-likeness (QED) is 0.759. The summed E-state index contributed by atoms with van der Waals surface area (Å²) in [6, 6.07) is 6.22. The first-order chi connectivity index (χ1) is 9.97. The Hall–Kier alpha value is -1.75. The first-order valence-corrected chi connectivity index (χ1v) is 7.14. The predicted molar refractivity (Wildman–Crippen MR) is 82.0 cm³/mol. The van der Waals surface area contributed by atoms with Crippen LogP contribution < -0.4 is 9.47 Å². The Morgan fingerprint density at radius 1 is 1.24 bits per heavy atom. The Bertz CT molecular complexity index is 460. The monoisotopic (exact) mass is 295 g/mol. The third-order valence-corrected chi connectivity index (χ3v) is 3.40. The van der Waals surface area contributed by atoms with Gasteiger partial charge in [-0.05, 0) is 44.5 Å². The van der Waals surface area contributed by atoms with Crippen LogP contribution in [0.25, 0.3) is 0 Å². The van der Waals surface area contributed by atoms with Crippen LogP contribution in [0.5, 0.6) is 11.5 Å². The van der Waals surface area contributed by atoms with E-state index in [1.54, 1.807) is 14.2 Å². The molecule has 118 valence electrons. The predicted octanol–water partition coefficient (Wildman–Crippen LogP) is 2.78. The maximum atomic E-state index is 10.6. The zero-order valence-corrected chi connectivity index (χ0v) is 13.3. The van der Waals surface area contributed by atoms with Crippen molar-refractivity contribution in [1.29, 1.82) is 0 Å². The van der Waals surface area contributed by atoms with Crippen LogP contribution in [-0.2, 0) is 11.3 Å². The highest BCUT2D eigenvalue weighted by atomic mass is 16.5. The van der Waals surface area contributed by atoms with Gasteiger partial charge in [0.2, 0.25) is 0 Å². The molecule has 5 nitrogen and oxygen atoms in total. The van der Waals surface area contributed by atoms with E-state index in [0.717, 1.165) is 18.7 Å². The van der Waals surface area contributed by atoms with E-state index in [1.807, 2.05) is 18.2 Å². The lowest BCUT2D eigenvalue weighted by molar-refractivity contribution is -0.137. The summed E-state index contributed by atoms with van der Waals surface area (Å²) in [5.74, 6) is 0.678. The average Bonchev–Trinajstić information content (AvgIpc) is 2.45. The summed E-state index contributed by atoms with van der Waals surface area (Å²) >= 11 is 0. The van der Waals surface area contributed by atoms with Crippen molar-refractivity contribution in [3.8, 4) is 11.5 Å². The summed E-state index contributed by atoms with van der Waals surface area (Å²) in [5, 5.41) is 8.73. The van der Waals surface area contributed by atoms with Crippen molar-refractivity contribution in [2.75, 3.05) is 20.8 Å². The molecule has 0 aliphatic heterocycles. The van der Waals surface area contributed by atoms with Crippen LogP contribution in [0.15, 0.2) is 18.2 Å². The van der Waals surface area contributed by atoms with Crippen molar-refractivity contribution in [2.24, 2.45) is 0 Å². The number of nitrogens with zero attached hydrogens (tertiary/aromatic N) is 1. The van der Waals surface area contributed by atoms with Crippen LogP contribution in [0.2, 0.25) is 0 Å². The highest BCUT2D eigenvalue weighted by molar-refractivity contribution is 5.66. The van der Waals surface area contributed by atoms with Crippen molar-refractivity contribution in [1.82, 2.24) is 4.90 Å². The van der Waals surface area contributed by atoms with E-state index in [-0.39, 0.29) is 6.42 Å². The first kappa shape index (κ1) is 17.3. The van der Waals surface area contributed by atoms with Gasteiger partial charge >= 0.3 is 5.97 Å². The van der Waals surface area contributed by atoms with Gasteiger partial charge < -0.3 is 14.6 Å². The Kier molecular flexibility index (Phi) is 7.02. The summed E-state index contributed by atoms with van der Waals surface area (Å²) < 4.78 is 10.5. The molecule has 0 radical (unpaired) electrons. The van der Waals surface area contributed by atoms with Crippen LogP contribution in [0.4, 0.5) is 0 Å². The van der Waals surface area contributed by atoms with E-state index in [2.05, 4.69) is 18.7 Å². The summed E-state index contributed by atoms with van der Waals surface area (Å²) in [6.07, 6.45) is 0.857. The summed E-state index contributed by atoms with van der Waals surface area (Å²) in [5.41, 5.74) is 1.12.